The minimum atomic E-state index is -1.72. The molecule has 1 aromatic rings. The van der Waals surface area contributed by atoms with Crippen LogP contribution in [0.25, 0.3) is 0 Å². The normalized spacial score (nSPS) is 28.3. The topological polar surface area (TPSA) is 58.6 Å². The van der Waals surface area contributed by atoms with Crippen molar-refractivity contribution >= 4 is 40.8 Å². The highest BCUT2D eigenvalue weighted by Gasteiger charge is 2.47. The van der Waals surface area contributed by atoms with Crippen molar-refractivity contribution in [3.05, 3.63) is 35.9 Å². The van der Waals surface area contributed by atoms with E-state index >= 15 is 0 Å². The monoisotopic (exact) mass is 309 g/mol. The van der Waals surface area contributed by atoms with Crippen LogP contribution >= 0.6 is 34.8 Å². The molecule has 0 saturated carbocycles. The maximum Gasteiger partial charge on any atom is 0.334 e. The van der Waals surface area contributed by atoms with Crippen molar-refractivity contribution in [1.82, 2.24) is 5.32 Å². The van der Waals surface area contributed by atoms with Crippen LogP contribution in [0.1, 0.15) is 11.6 Å². The average Bonchev–Trinajstić information content (AvgIpc) is 2.74. The van der Waals surface area contributed by atoms with Gasteiger partial charge in [0, 0.05) is 0 Å². The Morgan fingerprint density at radius 1 is 1.28 bits per heavy atom. The van der Waals surface area contributed by atoms with Gasteiger partial charge in [0.15, 0.2) is 12.3 Å². The fourth-order valence-electron chi connectivity index (χ4n) is 1.82. The van der Waals surface area contributed by atoms with E-state index in [0.717, 1.165) is 5.56 Å². The van der Waals surface area contributed by atoms with Crippen LogP contribution in [0, 0.1) is 0 Å². The molecular formula is C11H10Cl3NO3. The Hall–Kier alpha value is -0.520. The number of hydrogen-bond donors (Lipinski definition) is 2. The molecule has 7 heteroatoms. The van der Waals surface area contributed by atoms with Crippen LogP contribution in [-0.2, 0) is 9.53 Å². The van der Waals surface area contributed by atoms with Crippen molar-refractivity contribution < 1.29 is 14.6 Å². The van der Waals surface area contributed by atoms with Gasteiger partial charge in [0.1, 0.15) is 0 Å². The van der Waals surface area contributed by atoms with Crippen LogP contribution < -0.4 is 5.32 Å². The molecule has 0 aromatic heterocycles. The number of nitrogens with one attached hydrogen (secondary N) is 1. The molecule has 1 aliphatic rings. The number of benzene rings is 1. The number of hydrogen-bond acceptors (Lipinski definition) is 3. The van der Waals surface area contributed by atoms with Crippen LogP contribution in [0.3, 0.4) is 0 Å². The van der Waals surface area contributed by atoms with Gasteiger partial charge >= 0.3 is 5.97 Å². The summed E-state index contributed by atoms with van der Waals surface area (Å²) in [6.45, 7) is 0. The molecule has 2 unspecified atom stereocenters. The number of ether oxygens (including phenoxy) is 1. The summed E-state index contributed by atoms with van der Waals surface area (Å²) < 4.78 is 3.52. The Kier molecular flexibility index (Phi) is 4.04. The standard InChI is InChI=1S/C11H10Cl3NO3/c12-11(13,14)10-15-7(8(18-10)9(16)17)6-4-2-1-3-5-6/h1-5,7-8,10,15H,(H,16,17)/t7-,8?,10?/m0/s1. The van der Waals surface area contributed by atoms with Crippen molar-refractivity contribution in [3.8, 4) is 0 Å². The predicted molar refractivity (Wildman–Crippen MR) is 68.9 cm³/mol. The molecule has 0 spiro atoms. The number of alkyl halides is 3. The van der Waals surface area contributed by atoms with Gasteiger partial charge in [0.05, 0.1) is 6.04 Å². The van der Waals surface area contributed by atoms with Crippen LogP contribution in [0.15, 0.2) is 30.3 Å². The van der Waals surface area contributed by atoms with Crippen molar-refractivity contribution in [2.45, 2.75) is 22.2 Å². The van der Waals surface area contributed by atoms with Crippen molar-refractivity contribution in [1.29, 1.82) is 0 Å². The lowest BCUT2D eigenvalue weighted by Crippen LogP contribution is -2.36. The molecule has 1 aliphatic heterocycles. The average molecular weight is 311 g/mol. The van der Waals surface area contributed by atoms with Gasteiger partial charge in [0.25, 0.3) is 0 Å². The highest BCUT2D eigenvalue weighted by Crippen LogP contribution is 2.38. The number of carboxylic acid groups (broad SMARTS) is 1. The third-order valence-corrected chi connectivity index (χ3v) is 3.21. The summed E-state index contributed by atoms with van der Waals surface area (Å²) in [6.07, 6.45) is -2.05. The van der Waals surface area contributed by atoms with E-state index in [-0.39, 0.29) is 0 Å². The zero-order chi connectivity index (χ0) is 13.3. The van der Waals surface area contributed by atoms with E-state index in [1.807, 2.05) is 6.07 Å². The second kappa shape index (κ2) is 5.23. The van der Waals surface area contributed by atoms with Gasteiger partial charge in [0.2, 0.25) is 3.79 Å². The highest BCUT2D eigenvalue weighted by atomic mass is 35.6. The maximum atomic E-state index is 11.2. The number of carbonyl (C=O) groups is 1. The second-order valence-corrected chi connectivity index (χ2v) is 6.24. The molecule has 2 rings (SSSR count). The Morgan fingerprint density at radius 2 is 1.89 bits per heavy atom. The molecule has 18 heavy (non-hydrogen) atoms. The van der Waals surface area contributed by atoms with Crippen molar-refractivity contribution in [2.75, 3.05) is 0 Å². The van der Waals surface area contributed by atoms with Crippen LogP contribution in [0.5, 0.6) is 0 Å². The number of rotatable bonds is 2. The minimum absolute atomic E-state index is 0.552. The maximum absolute atomic E-state index is 11.2. The highest BCUT2D eigenvalue weighted by molar-refractivity contribution is 6.68. The number of carboxylic acids is 1. The van der Waals surface area contributed by atoms with E-state index < -0.39 is 28.1 Å². The zero-order valence-electron chi connectivity index (χ0n) is 9.02. The minimum Gasteiger partial charge on any atom is -0.479 e. The zero-order valence-corrected chi connectivity index (χ0v) is 11.3. The third-order valence-electron chi connectivity index (χ3n) is 2.62. The first-order valence-electron chi connectivity index (χ1n) is 5.15. The Bertz CT molecular complexity index is 435. The van der Waals surface area contributed by atoms with Gasteiger partial charge in [-0.15, -0.1) is 0 Å². The van der Waals surface area contributed by atoms with Gasteiger partial charge in [-0.05, 0) is 5.56 Å². The SMILES string of the molecule is O=C(O)C1OC(C(Cl)(Cl)Cl)N[C@H]1c1ccccc1. The molecule has 0 radical (unpaired) electrons. The summed E-state index contributed by atoms with van der Waals surface area (Å²) in [6, 6.07) is 8.47. The molecule has 0 aliphatic carbocycles. The number of aliphatic carboxylic acids is 1. The largest absolute Gasteiger partial charge is 0.479 e. The predicted octanol–water partition coefficient (Wildman–Crippen LogP) is 2.50. The molecule has 3 atom stereocenters. The first kappa shape index (κ1) is 13.9. The molecule has 1 aromatic carbocycles. The third kappa shape index (κ3) is 2.90. The quantitative estimate of drug-likeness (QED) is 0.824. The fraction of sp³-hybridized carbons (Fsp3) is 0.364. The Labute approximate surface area is 119 Å². The summed E-state index contributed by atoms with van der Waals surface area (Å²) >= 11 is 17.1. The molecule has 2 N–H and O–H groups in total. The summed E-state index contributed by atoms with van der Waals surface area (Å²) in [7, 11) is 0. The molecule has 4 nitrogen and oxygen atoms in total. The van der Waals surface area contributed by atoms with Crippen molar-refractivity contribution in [3.63, 3.8) is 0 Å². The van der Waals surface area contributed by atoms with Crippen LogP contribution in [0.2, 0.25) is 0 Å². The smallest absolute Gasteiger partial charge is 0.334 e. The first-order chi connectivity index (χ1) is 8.39. The molecule has 0 amide bonds. The van der Waals surface area contributed by atoms with Gasteiger partial charge in [-0.25, -0.2) is 4.79 Å². The molecule has 1 fully saturated rings. The molecule has 98 valence electrons. The van der Waals surface area contributed by atoms with E-state index in [0.29, 0.717) is 0 Å². The van der Waals surface area contributed by atoms with Gasteiger partial charge < -0.3 is 9.84 Å². The molecule has 1 heterocycles. The van der Waals surface area contributed by atoms with Gasteiger partial charge in [-0.1, -0.05) is 65.1 Å². The van der Waals surface area contributed by atoms with E-state index in [1.54, 1.807) is 24.3 Å². The summed E-state index contributed by atoms with van der Waals surface area (Å²) in [5.74, 6) is -1.10. The van der Waals surface area contributed by atoms with Gasteiger partial charge in [-0.3, -0.25) is 5.32 Å². The summed E-state index contributed by atoms with van der Waals surface area (Å²) in [4.78, 5) is 11.2. The van der Waals surface area contributed by atoms with Gasteiger partial charge in [-0.2, -0.15) is 0 Å². The van der Waals surface area contributed by atoms with E-state index in [9.17, 15) is 4.79 Å². The van der Waals surface area contributed by atoms with Crippen LogP contribution in [-0.4, -0.2) is 27.2 Å². The molecule has 0 bridgehead atoms. The fourth-order valence-corrected chi connectivity index (χ4v) is 2.16. The first-order valence-corrected chi connectivity index (χ1v) is 6.29. The molecule has 1 saturated heterocycles. The Balaban J connectivity index is 2.26. The Morgan fingerprint density at radius 3 is 2.39 bits per heavy atom. The lowest BCUT2D eigenvalue weighted by Gasteiger charge is -2.19. The van der Waals surface area contributed by atoms with Crippen LogP contribution in [0.4, 0.5) is 0 Å². The second-order valence-electron chi connectivity index (χ2n) is 3.87. The summed E-state index contributed by atoms with van der Waals surface area (Å²) in [5, 5.41) is 12.0. The van der Waals surface area contributed by atoms with Crippen molar-refractivity contribution in [2.24, 2.45) is 0 Å². The number of halogens is 3. The summed E-state index contributed by atoms with van der Waals surface area (Å²) in [5.41, 5.74) is 0.765. The lowest BCUT2D eigenvalue weighted by atomic mass is 10.0. The lowest BCUT2D eigenvalue weighted by molar-refractivity contribution is -0.150. The van der Waals surface area contributed by atoms with E-state index in [2.05, 4.69) is 5.32 Å². The van der Waals surface area contributed by atoms with E-state index in [1.165, 1.54) is 0 Å². The van der Waals surface area contributed by atoms with E-state index in [4.69, 9.17) is 44.6 Å². The molecular weight excluding hydrogens is 300 g/mol.